The van der Waals surface area contributed by atoms with E-state index in [0.717, 1.165) is 64.4 Å². The lowest BCUT2D eigenvalue weighted by Gasteiger charge is -2.15. The highest BCUT2D eigenvalue weighted by Gasteiger charge is 2.12. The quantitative estimate of drug-likeness (QED) is 0.344. The number of nitrogens with one attached hydrogen (secondary N) is 1. The van der Waals surface area contributed by atoms with Gasteiger partial charge < -0.3 is 23.0 Å². The van der Waals surface area contributed by atoms with Gasteiger partial charge in [-0.25, -0.2) is 0 Å². The van der Waals surface area contributed by atoms with Crippen LogP contribution in [0.25, 0.3) is 0 Å². The second-order valence-electron chi connectivity index (χ2n) is 4.71. The molecule has 0 aromatic carbocycles. The molecule has 0 radical (unpaired) electrons. The summed E-state index contributed by atoms with van der Waals surface area (Å²) >= 11 is 0. The van der Waals surface area contributed by atoms with Crippen molar-refractivity contribution in [1.29, 1.82) is 0 Å². The predicted octanol–water partition coefficient (Wildman–Crippen LogP) is 1.94. The lowest BCUT2D eigenvalue weighted by molar-refractivity contribution is 0.212. The van der Waals surface area contributed by atoms with Crippen LogP contribution in [-0.4, -0.2) is 58.1 Å². The van der Waals surface area contributed by atoms with Gasteiger partial charge in [-0.1, -0.05) is 0 Å². The average Bonchev–Trinajstić information content (AvgIpc) is 2.47. The van der Waals surface area contributed by atoms with Gasteiger partial charge in [0.25, 0.3) is 0 Å². The minimum absolute atomic E-state index is 0.769. The number of hydrogen-bond acceptors (Lipinski definition) is 5. The topological polar surface area (TPSA) is 49.0 Å². The third kappa shape index (κ3) is 13.6. The van der Waals surface area contributed by atoms with Gasteiger partial charge in [-0.3, -0.25) is 0 Å². The zero-order valence-corrected chi connectivity index (χ0v) is 16.7. The Morgan fingerprint density at radius 3 is 1.24 bits per heavy atom. The second kappa shape index (κ2) is 16.6. The lowest BCUT2D eigenvalue weighted by Crippen LogP contribution is -2.27. The monoisotopic (exact) mass is 337 g/mol. The SMILES string of the molecule is CCO[SiH](CCCNCCC[SiH](OCC)OCC)OCC. The molecule has 0 aliphatic rings. The van der Waals surface area contributed by atoms with Crippen molar-refractivity contribution in [2.24, 2.45) is 0 Å². The molecular formula is C14H35NO4Si2. The van der Waals surface area contributed by atoms with Crippen LogP contribution in [0.5, 0.6) is 0 Å². The Bertz CT molecular complexity index is 181. The fourth-order valence-corrected chi connectivity index (χ4v) is 5.51. The first kappa shape index (κ1) is 21.2. The van der Waals surface area contributed by atoms with E-state index >= 15 is 0 Å². The van der Waals surface area contributed by atoms with Crippen LogP contribution in [0.3, 0.4) is 0 Å². The molecule has 21 heavy (non-hydrogen) atoms. The molecule has 0 aliphatic carbocycles. The average molecular weight is 338 g/mol. The van der Waals surface area contributed by atoms with Gasteiger partial charge in [-0.15, -0.1) is 0 Å². The van der Waals surface area contributed by atoms with Crippen LogP contribution in [0.15, 0.2) is 0 Å². The summed E-state index contributed by atoms with van der Waals surface area (Å²) in [6.07, 6.45) is 2.27. The summed E-state index contributed by atoms with van der Waals surface area (Å²) in [5.41, 5.74) is 0. The van der Waals surface area contributed by atoms with E-state index in [0.29, 0.717) is 0 Å². The fraction of sp³-hybridized carbons (Fsp3) is 1.00. The molecule has 0 aromatic rings. The van der Waals surface area contributed by atoms with Gasteiger partial charge in [0, 0.05) is 26.4 Å². The largest absolute Gasteiger partial charge is 0.397 e. The first-order valence-electron chi connectivity index (χ1n) is 8.45. The third-order valence-electron chi connectivity index (χ3n) is 3.00. The molecule has 7 heteroatoms. The van der Waals surface area contributed by atoms with E-state index in [9.17, 15) is 0 Å². The van der Waals surface area contributed by atoms with Crippen molar-refractivity contribution in [1.82, 2.24) is 5.32 Å². The number of hydrogen-bond donors (Lipinski definition) is 1. The van der Waals surface area contributed by atoms with Gasteiger partial charge in [0.2, 0.25) is 0 Å². The molecule has 0 spiro atoms. The fourth-order valence-electron chi connectivity index (χ4n) is 2.09. The minimum Gasteiger partial charge on any atom is -0.397 e. The molecule has 0 heterocycles. The summed E-state index contributed by atoms with van der Waals surface area (Å²) in [6, 6.07) is 2.17. The van der Waals surface area contributed by atoms with E-state index in [1.165, 1.54) is 0 Å². The number of rotatable bonds is 16. The van der Waals surface area contributed by atoms with E-state index in [4.69, 9.17) is 17.7 Å². The van der Waals surface area contributed by atoms with Gasteiger partial charge in [0.15, 0.2) is 0 Å². The van der Waals surface area contributed by atoms with E-state index in [1.807, 2.05) is 27.7 Å². The Morgan fingerprint density at radius 2 is 0.952 bits per heavy atom. The zero-order valence-electron chi connectivity index (χ0n) is 14.4. The van der Waals surface area contributed by atoms with Gasteiger partial charge in [-0.05, 0) is 65.7 Å². The predicted molar refractivity (Wildman–Crippen MR) is 92.5 cm³/mol. The highest BCUT2D eigenvalue weighted by molar-refractivity contribution is 6.44. The summed E-state index contributed by atoms with van der Waals surface area (Å²) in [5.74, 6) is 0. The Kier molecular flexibility index (Phi) is 16.8. The smallest absolute Gasteiger partial charge is 0.321 e. The molecule has 1 N–H and O–H groups in total. The maximum Gasteiger partial charge on any atom is 0.321 e. The van der Waals surface area contributed by atoms with Crippen molar-refractivity contribution >= 4 is 18.6 Å². The van der Waals surface area contributed by atoms with Crippen LogP contribution in [0.2, 0.25) is 12.1 Å². The molecule has 0 rings (SSSR count). The normalized spacial score (nSPS) is 11.7. The highest BCUT2D eigenvalue weighted by Crippen LogP contribution is 2.03. The Morgan fingerprint density at radius 1 is 0.619 bits per heavy atom. The van der Waals surface area contributed by atoms with Crippen LogP contribution in [0.4, 0.5) is 0 Å². The van der Waals surface area contributed by atoms with Crippen LogP contribution in [0, 0.1) is 0 Å². The van der Waals surface area contributed by atoms with E-state index in [2.05, 4.69) is 5.32 Å². The van der Waals surface area contributed by atoms with Crippen LogP contribution in [-0.2, 0) is 17.7 Å². The van der Waals surface area contributed by atoms with Crippen molar-refractivity contribution < 1.29 is 17.7 Å². The molecule has 0 amide bonds. The second-order valence-corrected chi connectivity index (χ2v) is 8.92. The molecule has 0 bridgehead atoms. The van der Waals surface area contributed by atoms with Crippen molar-refractivity contribution in [3.63, 3.8) is 0 Å². The Balaban J connectivity index is 3.48. The van der Waals surface area contributed by atoms with Gasteiger partial charge in [-0.2, -0.15) is 0 Å². The minimum atomic E-state index is -1.40. The maximum absolute atomic E-state index is 5.66. The van der Waals surface area contributed by atoms with Crippen molar-refractivity contribution in [2.45, 2.75) is 52.6 Å². The summed E-state index contributed by atoms with van der Waals surface area (Å²) in [4.78, 5) is 0. The Hall–Kier alpha value is 0.234. The molecule has 0 unspecified atom stereocenters. The van der Waals surface area contributed by atoms with Gasteiger partial charge >= 0.3 is 18.6 Å². The summed E-state index contributed by atoms with van der Waals surface area (Å²) in [5, 5.41) is 3.49. The lowest BCUT2D eigenvalue weighted by atomic mass is 10.4. The highest BCUT2D eigenvalue weighted by atomic mass is 28.3. The summed E-state index contributed by atoms with van der Waals surface area (Å²) < 4.78 is 22.6. The standard InChI is InChI=1S/C14H35NO4Si2/c1-5-16-20(17-6-2)13-9-11-15-12-10-14-21(18-7-3)19-8-4/h15,20-21H,5-14H2,1-4H3. The maximum atomic E-state index is 5.66. The van der Waals surface area contributed by atoms with Gasteiger partial charge in [0.05, 0.1) is 0 Å². The van der Waals surface area contributed by atoms with E-state index in [-0.39, 0.29) is 0 Å². The summed E-state index contributed by atoms with van der Waals surface area (Å²) in [6.45, 7) is 13.3. The van der Waals surface area contributed by atoms with Gasteiger partial charge in [0.1, 0.15) is 0 Å². The molecule has 0 fully saturated rings. The first-order chi connectivity index (χ1) is 10.3. The third-order valence-corrected chi connectivity index (χ3v) is 7.58. The Labute approximate surface area is 134 Å². The molecule has 0 saturated carbocycles. The molecule has 0 atom stereocenters. The molecule has 128 valence electrons. The molecule has 0 aromatic heterocycles. The molecule has 0 aliphatic heterocycles. The van der Waals surface area contributed by atoms with Crippen molar-refractivity contribution in [3.05, 3.63) is 0 Å². The molecule has 0 saturated heterocycles. The van der Waals surface area contributed by atoms with Crippen molar-refractivity contribution in [3.8, 4) is 0 Å². The van der Waals surface area contributed by atoms with E-state index < -0.39 is 18.6 Å². The van der Waals surface area contributed by atoms with Crippen LogP contribution in [0.1, 0.15) is 40.5 Å². The van der Waals surface area contributed by atoms with E-state index in [1.54, 1.807) is 0 Å². The molecular weight excluding hydrogens is 302 g/mol. The zero-order chi connectivity index (χ0) is 15.8. The summed E-state index contributed by atoms with van der Waals surface area (Å²) in [7, 11) is -2.80. The van der Waals surface area contributed by atoms with Crippen LogP contribution < -0.4 is 5.32 Å². The van der Waals surface area contributed by atoms with Crippen molar-refractivity contribution in [2.75, 3.05) is 39.5 Å². The molecule has 5 nitrogen and oxygen atoms in total. The first-order valence-corrected chi connectivity index (χ1v) is 12.0. The van der Waals surface area contributed by atoms with Crippen LogP contribution >= 0.6 is 0 Å².